The molecule has 0 aliphatic rings. The van der Waals surface area contributed by atoms with Crippen molar-refractivity contribution in [3.05, 3.63) is 0 Å². The van der Waals surface area contributed by atoms with Gasteiger partial charge in [0.2, 0.25) is 0 Å². The number of carbonyl (C=O) groups is 2. The minimum absolute atomic E-state index is 0.0889. The lowest BCUT2D eigenvalue weighted by Crippen LogP contribution is -2.15. The minimum Gasteiger partial charge on any atom is -0.465 e. The van der Waals surface area contributed by atoms with E-state index in [1.165, 1.54) is 0 Å². The molecule has 0 spiro atoms. The predicted molar refractivity (Wildman–Crippen MR) is 53.3 cm³/mol. The number of hydrogen-bond acceptors (Lipinski definition) is 5. The second-order valence-electron chi connectivity index (χ2n) is 2.95. The van der Waals surface area contributed by atoms with Crippen LogP contribution in [0.3, 0.4) is 0 Å². The molecule has 0 radical (unpaired) electrons. The SMILES string of the molecule is CCCCCOC(=O)COCCOC=O. The molecule has 0 rings (SSSR count). The van der Waals surface area contributed by atoms with Crippen molar-refractivity contribution >= 4 is 12.4 Å². The summed E-state index contributed by atoms with van der Waals surface area (Å²) < 4.78 is 14.1. The molecule has 0 N–H and O–H groups in total. The van der Waals surface area contributed by atoms with Crippen LogP contribution in [0.4, 0.5) is 0 Å². The Kier molecular flexibility index (Phi) is 10.2. The Balaban J connectivity index is 3.15. The van der Waals surface area contributed by atoms with Crippen LogP contribution in [0, 0.1) is 0 Å². The number of esters is 1. The smallest absolute Gasteiger partial charge is 0.332 e. The molecule has 5 heteroatoms. The lowest BCUT2D eigenvalue weighted by molar-refractivity contribution is -0.149. The number of hydrogen-bond donors (Lipinski definition) is 0. The summed E-state index contributed by atoms with van der Waals surface area (Å²) in [4.78, 5) is 20.7. The highest BCUT2D eigenvalue weighted by molar-refractivity contribution is 5.70. The van der Waals surface area contributed by atoms with E-state index in [0.29, 0.717) is 13.1 Å². The maximum atomic E-state index is 11.0. The summed E-state index contributed by atoms with van der Waals surface area (Å²) in [6, 6.07) is 0. The van der Waals surface area contributed by atoms with Crippen LogP contribution >= 0.6 is 0 Å². The van der Waals surface area contributed by atoms with Gasteiger partial charge in [-0.2, -0.15) is 0 Å². The molecule has 15 heavy (non-hydrogen) atoms. The van der Waals surface area contributed by atoms with E-state index in [4.69, 9.17) is 9.47 Å². The monoisotopic (exact) mass is 218 g/mol. The summed E-state index contributed by atoms with van der Waals surface area (Å²) in [5.74, 6) is -0.378. The van der Waals surface area contributed by atoms with Crippen LogP contribution in [0.15, 0.2) is 0 Å². The van der Waals surface area contributed by atoms with E-state index in [1.807, 2.05) is 0 Å². The third kappa shape index (κ3) is 10.8. The maximum Gasteiger partial charge on any atom is 0.332 e. The third-order valence-corrected chi connectivity index (χ3v) is 1.64. The van der Waals surface area contributed by atoms with Crippen LogP contribution in [0.1, 0.15) is 26.2 Å². The second-order valence-corrected chi connectivity index (χ2v) is 2.95. The van der Waals surface area contributed by atoms with E-state index >= 15 is 0 Å². The molecular formula is C10H18O5. The number of rotatable bonds is 10. The van der Waals surface area contributed by atoms with Gasteiger partial charge in [0.15, 0.2) is 0 Å². The Morgan fingerprint density at radius 2 is 2.00 bits per heavy atom. The fourth-order valence-electron chi connectivity index (χ4n) is 0.890. The van der Waals surface area contributed by atoms with Gasteiger partial charge in [0.05, 0.1) is 13.2 Å². The topological polar surface area (TPSA) is 61.8 Å². The second kappa shape index (κ2) is 11.0. The van der Waals surface area contributed by atoms with Gasteiger partial charge in [-0.1, -0.05) is 19.8 Å². The first-order chi connectivity index (χ1) is 7.31. The molecule has 5 nitrogen and oxygen atoms in total. The molecule has 0 aliphatic heterocycles. The van der Waals surface area contributed by atoms with Gasteiger partial charge in [-0.15, -0.1) is 0 Å². The first-order valence-electron chi connectivity index (χ1n) is 5.10. The lowest BCUT2D eigenvalue weighted by Gasteiger charge is -2.04. The zero-order valence-corrected chi connectivity index (χ0v) is 9.07. The Morgan fingerprint density at radius 1 is 1.20 bits per heavy atom. The summed E-state index contributed by atoms with van der Waals surface area (Å²) in [5, 5.41) is 0. The molecule has 0 aromatic rings. The zero-order valence-electron chi connectivity index (χ0n) is 9.07. The van der Waals surface area contributed by atoms with Crippen LogP contribution < -0.4 is 0 Å². The molecule has 0 aromatic carbocycles. The standard InChI is InChI=1S/C10H18O5/c1-2-3-4-5-15-10(12)8-13-6-7-14-9-11/h9H,2-8H2,1H3. The highest BCUT2D eigenvalue weighted by atomic mass is 16.6. The normalized spacial score (nSPS) is 9.67. The van der Waals surface area contributed by atoms with Gasteiger partial charge in [-0.3, -0.25) is 4.79 Å². The third-order valence-electron chi connectivity index (χ3n) is 1.64. The van der Waals surface area contributed by atoms with Crippen LogP contribution in [0.25, 0.3) is 0 Å². The van der Waals surface area contributed by atoms with Crippen molar-refractivity contribution in [2.45, 2.75) is 26.2 Å². The number of unbranched alkanes of at least 4 members (excludes halogenated alkanes) is 2. The van der Waals surface area contributed by atoms with Gasteiger partial charge in [0, 0.05) is 0 Å². The lowest BCUT2D eigenvalue weighted by atomic mass is 10.3. The highest BCUT2D eigenvalue weighted by Gasteiger charge is 2.01. The van der Waals surface area contributed by atoms with Gasteiger partial charge in [-0.25, -0.2) is 4.79 Å². The molecule has 0 fully saturated rings. The van der Waals surface area contributed by atoms with E-state index in [9.17, 15) is 9.59 Å². The van der Waals surface area contributed by atoms with Crippen molar-refractivity contribution in [2.75, 3.05) is 26.4 Å². The maximum absolute atomic E-state index is 11.0. The quantitative estimate of drug-likeness (QED) is 0.310. The Hall–Kier alpha value is -1.10. The molecule has 0 saturated carbocycles. The minimum atomic E-state index is -0.378. The van der Waals surface area contributed by atoms with E-state index in [-0.39, 0.29) is 25.8 Å². The van der Waals surface area contributed by atoms with Gasteiger partial charge < -0.3 is 14.2 Å². The Bertz CT molecular complexity index is 169. The molecule has 88 valence electrons. The van der Waals surface area contributed by atoms with Crippen LogP contribution in [-0.4, -0.2) is 38.9 Å². The van der Waals surface area contributed by atoms with Gasteiger partial charge >= 0.3 is 5.97 Å². The molecule has 0 aliphatic carbocycles. The largest absolute Gasteiger partial charge is 0.465 e. The van der Waals surface area contributed by atoms with Crippen LogP contribution in [0.2, 0.25) is 0 Å². The summed E-state index contributed by atoms with van der Waals surface area (Å²) in [6.07, 6.45) is 3.04. The fourth-order valence-corrected chi connectivity index (χ4v) is 0.890. The van der Waals surface area contributed by atoms with Crippen molar-refractivity contribution in [3.8, 4) is 0 Å². The summed E-state index contributed by atoms with van der Waals surface area (Å²) in [5.41, 5.74) is 0. The molecule has 0 heterocycles. The number of carbonyl (C=O) groups excluding carboxylic acids is 2. The van der Waals surface area contributed by atoms with Gasteiger partial charge in [0.1, 0.15) is 13.2 Å². The van der Waals surface area contributed by atoms with E-state index in [1.54, 1.807) is 0 Å². The van der Waals surface area contributed by atoms with E-state index in [0.717, 1.165) is 19.3 Å². The molecule has 0 saturated heterocycles. The van der Waals surface area contributed by atoms with Gasteiger partial charge in [-0.05, 0) is 6.42 Å². The van der Waals surface area contributed by atoms with Crippen molar-refractivity contribution in [3.63, 3.8) is 0 Å². The Morgan fingerprint density at radius 3 is 2.67 bits per heavy atom. The van der Waals surface area contributed by atoms with E-state index in [2.05, 4.69) is 11.7 Å². The van der Waals surface area contributed by atoms with Crippen molar-refractivity contribution in [2.24, 2.45) is 0 Å². The van der Waals surface area contributed by atoms with Gasteiger partial charge in [0.25, 0.3) is 6.47 Å². The van der Waals surface area contributed by atoms with E-state index < -0.39 is 0 Å². The molecule has 0 bridgehead atoms. The first kappa shape index (κ1) is 13.9. The summed E-state index contributed by atoms with van der Waals surface area (Å²) >= 11 is 0. The summed E-state index contributed by atoms with van der Waals surface area (Å²) in [6.45, 7) is 3.15. The fraction of sp³-hybridized carbons (Fsp3) is 0.800. The zero-order chi connectivity index (χ0) is 11.4. The average Bonchev–Trinajstić information content (AvgIpc) is 2.24. The first-order valence-corrected chi connectivity index (χ1v) is 5.10. The molecule has 0 atom stereocenters. The van der Waals surface area contributed by atoms with Crippen molar-refractivity contribution in [1.29, 1.82) is 0 Å². The van der Waals surface area contributed by atoms with Crippen molar-refractivity contribution in [1.82, 2.24) is 0 Å². The molecule has 0 unspecified atom stereocenters. The average molecular weight is 218 g/mol. The molecule has 0 aromatic heterocycles. The van der Waals surface area contributed by atoms with Crippen LogP contribution in [0.5, 0.6) is 0 Å². The predicted octanol–water partition coefficient (Wildman–Crippen LogP) is 0.909. The molecular weight excluding hydrogens is 200 g/mol. The van der Waals surface area contributed by atoms with Crippen molar-refractivity contribution < 1.29 is 23.8 Å². The Labute approximate surface area is 89.7 Å². The number of ether oxygens (including phenoxy) is 3. The highest BCUT2D eigenvalue weighted by Crippen LogP contribution is 1.94. The van der Waals surface area contributed by atoms with Crippen LogP contribution in [-0.2, 0) is 23.8 Å². The summed E-state index contributed by atoms with van der Waals surface area (Å²) in [7, 11) is 0. The molecule has 0 amide bonds.